The molecular weight excluding hydrogens is 430 g/mol. The molecule has 1 aliphatic heterocycles. The van der Waals surface area contributed by atoms with E-state index in [-0.39, 0.29) is 11.5 Å². The molecule has 6 heteroatoms. The molecule has 33 heavy (non-hydrogen) atoms. The number of carbonyl (C=O) groups excluding carboxylic acids is 2. The first kappa shape index (κ1) is 22.4. The highest BCUT2D eigenvalue weighted by Crippen LogP contribution is 2.42. The summed E-state index contributed by atoms with van der Waals surface area (Å²) >= 11 is 1.27. The molecule has 0 aromatic heterocycles. The van der Waals surface area contributed by atoms with Crippen LogP contribution >= 0.6 is 11.8 Å². The fourth-order valence-electron chi connectivity index (χ4n) is 3.64. The lowest BCUT2D eigenvalue weighted by molar-refractivity contribution is -0.117. The van der Waals surface area contributed by atoms with Crippen LogP contribution in [0.2, 0.25) is 0 Å². The van der Waals surface area contributed by atoms with Crippen molar-refractivity contribution < 1.29 is 9.59 Å². The molecule has 1 heterocycles. The van der Waals surface area contributed by atoms with Crippen LogP contribution in [0.1, 0.15) is 18.1 Å². The molecule has 164 valence electrons. The first-order valence-electron chi connectivity index (χ1n) is 10.7. The van der Waals surface area contributed by atoms with Crippen molar-refractivity contribution in [1.82, 2.24) is 0 Å². The van der Waals surface area contributed by atoms with Crippen LogP contribution in [0, 0.1) is 11.3 Å². The van der Waals surface area contributed by atoms with Gasteiger partial charge in [-0.2, -0.15) is 5.26 Å². The maximum atomic E-state index is 13.5. The molecule has 1 fully saturated rings. The van der Waals surface area contributed by atoms with Crippen LogP contribution in [0.15, 0.2) is 95.5 Å². The summed E-state index contributed by atoms with van der Waals surface area (Å²) in [5.41, 5.74) is 3.42. The van der Waals surface area contributed by atoms with E-state index in [0.717, 1.165) is 12.0 Å². The molecule has 1 saturated heterocycles. The number of aryl methyl sites for hydroxylation is 1. The summed E-state index contributed by atoms with van der Waals surface area (Å²) in [7, 11) is 0. The maximum Gasteiger partial charge on any atom is 0.269 e. The summed E-state index contributed by atoms with van der Waals surface area (Å²) in [6.07, 6.45) is 1.47. The van der Waals surface area contributed by atoms with Gasteiger partial charge in [-0.05, 0) is 48.2 Å². The van der Waals surface area contributed by atoms with Gasteiger partial charge in [-0.15, -0.1) is 0 Å². The van der Waals surface area contributed by atoms with Crippen LogP contribution in [-0.4, -0.2) is 17.1 Å². The van der Waals surface area contributed by atoms with E-state index in [0.29, 0.717) is 22.8 Å². The minimum Gasteiger partial charge on any atom is -0.321 e. The van der Waals surface area contributed by atoms with Crippen molar-refractivity contribution in [2.24, 2.45) is 0 Å². The molecule has 0 radical (unpaired) electrons. The SMILES string of the molecule is CCc1ccc(CC2S/C(=C(/C#N)C(=O)Nc3ccccc3)N(c3ccccc3)C2=O)cc1. The molecule has 0 bridgehead atoms. The van der Waals surface area contributed by atoms with Gasteiger partial charge in [0.05, 0.1) is 5.25 Å². The highest BCUT2D eigenvalue weighted by molar-refractivity contribution is 8.05. The lowest BCUT2D eigenvalue weighted by Gasteiger charge is -2.18. The molecule has 0 spiro atoms. The van der Waals surface area contributed by atoms with Crippen molar-refractivity contribution in [3.63, 3.8) is 0 Å². The summed E-state index contributed by atoms with van der Waals surface area (Å²) < 4.78 is 0. The third-order valence-electron chi connectivity index (χ3n) is 5.40. The van der Waals surface area contributed by atoms with E-state index in [1.165, 1.54) is 22.2 Å². The number of amides is 2. The van der Waals surface area contributed by atoms with Gasteiger partial charge in [0, 0.05) is 11.4 Å². The summed E-state index contributed by atoms with van der Waals surface area (Å²) in [6, 6.07) is 28.3. The van der Waals surface area contributed by atoms with Gasteiger partial charge < -0.3 is 5.32 Å². The number of nitriles is 1. The Hall–Kier alpha value is -3.82. The van der Waals surface area contributed by atoms with Crippen molar-refractivity contribution in [2.75, 3.05) is 10.2 Å². The molecule has 5 nitrogen and oxygen atoms in total. The Morgan fingerprint density at radius 1 is 0.970 bits per heavy atom. The Morgan fingerprint density at radius 3 is 2.18 bits per heavy atom. The Kier molecular flexibility index (Phi) is 6.92. The average Bonchev–Trinajstić information content (AvgIpc) is 3.16. The number of rotatable bonds is 6. The zero-order chi connectivity index (χ0) is 23.2. The van der Waals surface area contributed by atoms with Crippen LogP contribution in [0.3, 0.4) is 0 Å². The highest BCUT2D eigenvalue weighted by Gasteiger charge is 2.40. The number of benzene rings is 3. The standard InChI is InChI=1S/C27H23N3O2S/c1-2-19-13-15-20(16-14-19)17-24-26(32)30(22-11-7-4-8-12-22)27(33-24)23(18-28)25(31)29-21-9-5-3-6-10-21/h3-16,24H,2,17H2,1H3,(H,29,31)/b27-23-. The van der Waals surface area contributed by atoms with Gasteiger partial charge in [0.2, 0.25) is 5.91 Å². The lowest BCUT2D eigenvalue weighted by atomic mass is 10.1. The highest BCUT2D eigenvalue weighted by atomic mass is 32.2. The summed E-state index contributed by atoms with van der Waals surface area (Å²) in [5.74, 6) is -0.672. The van der Waals surface area contributed by atoms with E-state index in [9.17, 15) is 14.9 Å². The minimum atomic E-state index is -0.534. The molecule has 3 aromatic rings. The van der Waals surface area contributed by atoms with Gasteiger partial charge in [0.1, 0.15) is 16.7 Å². The normalized spacial score (nSPS) is 16.9. The lowest BCUT2D eigenvalue weighted by Crippen LogP contribution is -2.30. The molecule has 0 aliphatic carbocycles. The Bertz CT molecular complexity index is 1220. The summed E-state index contributed by atoms with van der Waals surface area (Å²) in [5, 5.41) is 12.6. The third-order valence-corrected chi connectivity index (χ3v) is 6.67. The number of carbonyl (C=O) groups is 2. The molecule has 2 amide bonds. The van der Waals surface area contributed by atoms with E-state index < -0.39 is 11.2 Å². The summed E-state index contributed by atoms with van der Waals surface area (Å²) in [4.78, 5) is 28.0. The fourth-order valence-corrected chi connectivity index (χ4v) is 4.95. The second-order valence-corrected chi connectivity index (χ2v) is 8.79. The smallest absolute Gasteiger partial charge is 0.269 e. The Morgan fingerprint density at radius 2 is 1.58 bits per heavy atom. The van der Waals surface area contributed by atoms with Crippen molar-refractivity contribution in [3.05, 3.63) is 107 Å². The zero-order valence-corrected chi connectivity index (χ0v) is 19.0. The maximum absolute atomic E-state index is 13.5. The number of hydrogen-bond acceptors (Lipinski definition) is 4. The number of para-hydroxylation sites is 2. The largest absolute Gasteiger partial charge is 0.321 e. The quantitative estimate of drug-likeness (QED) is 0.405. The van der Waals surface area contributed by atoms with E-state index in [1.54, 1.807) is 36.4 Å². The monoisotopic (exact) mass is 453 g/mol. The number of thioether (sulfide) groups is 1. The second-order valence-electron chi connectivity index (χ2n) is 7.60. The molecule has 0 saturated carbocycles. The molecule has 3 aromatic carbocycles. The molecular formula is C27H23N3O2S. The predicted molar refractivity (Wildman–Crippen MR) is 133 cm³/mol. The molecule has 1 N–H and O–H groups in total. The number of anilines is 2. The Balaban J connectivity index is 1.69. The van der Waals surface area contributed by atoms with Crippen LogP contribution in [-0.2, 0) is 22.4 Å². The van der Waals surface area contributed by atoms with Crippen molar-refractivity contribution in [2.45, 2.75) is 25.0 Å². The van der Waals surface area contributed by atoms with E-state index in [1.807, 2.05) is 42.5 Å². The number of hydrogen-bond donors (Lipinski definition) is 1. The number of nitrogens with one attached hydrogen (secondary N) is 1. The van der Waals surface area contributed by atoms with E-state index in [4.69, 9.17) is 0 Å². The van der Waals surface area contributed by atoms with Gasteiger partial charge in [-0.1, -0.05) is 79.3 Å². The first-order chi connectivity index (χ1) is 16.1. The van der Waals surface area contributed by atoms with Crippen LogP contribution < -0.4 is 10.2 Å². The third kappa shape index (κ3) is 5.00. The van der Waals surface area contributed by atoms with Crippen LogP contribution in [0.5, 0.6) is 0 Å². The van der Waals surface area contributed by atoms with Crippen LogP contribution in [0.25, 0.3) is 0 Å². The minimum absolute atomic E-state index is 0.0788. The summed E-state index contributed by atoms with van der Waals surface area (Å²) in [6.45, 7) is 2.10. The zero-order valence-electron chi connectivity index (χ0n) is 18.2. The topological polar surface area (TPSA) is 73.2 Å². The second kappa shape index (κ2) is 10.2. The van der Waals surface area contributed by atoms with Crippen molar-refractivity contribution in [1.29, 1.82) is 5.26 Å². The van der Waals surface area contributed by atoms with Gasteiger partial charge in [0.15, 0.2) is 0 Å². The van der Waals surface area contributed by atoms with Crippen LogP contribution in [0.4, 0.5) is 11.4 Å². The van der Waals surface area contributed by atoms with Crippen molar-refractivity contribution >= 4 is 35.0 Å². The number of nitrogens with zero attached hydrogens (tertiary/aromatic N) is 2. The van der Waals surface area contributed by atoms with Gasteiger partial charge in [0.25, 0.3) is 5.91 Å². The van der Waals surface area contributed by atoms with Crippen molar-refractivity contribution in [3.8, 4) is 6.07 Å². The average molecular weight is 454 g/mol. The molecule has 4 rings (SSSR count). The predicted octanol–water partition coefficient (Wildman–Crippen LogP) is 5.31. The molecule has 1 unspecified atom stereocenters. The molecule has 1 aliphatic rings. The van der Waals surface area contributed by atoms with E-state index >= 15 is 0 Å². The van der Waals surface area contributed by atoms with Gasteiger partial charge in [-0.25, -0.2) is 0 Å². The first-order valence-corrected chi connectivity index (χ1v) is 11.6. The van der Waals surface area contributed by atoms with Gasteiger partial charge in [-0.3, -0.25) is 14.5 Å². The molecule has 1 atom stereocenters. The van der Waals surface area contributed by atoms with E-state index in [2.05, 4.69) is 24.4 Å². The Labute approximate surface area is 197 Å². The fraction of sp³-hybridized carbons (Fsp3) is 0.148. The van der Waals surface area contributed by atoms with Gasteiger partial charge >= 0.3 is 0 Å².